The molecule has 1 amide bonds. The van der Waals surface area contributed by atoms with E-state index in [9.17, 15) is 18.0 Å². The van der Waals surface area contributed by atoms with Crippen LogP contribution in [-0.4, -0.2) is 43.7 Å². The van der Waals surface area contributed by atoms with Crippen LogP contribution in [0.5, 0.6) is 5.75 Å². The van der Waals surface area contributed by atoms with Crippen LogP contribution in [0.15, 0.2) is 18.2 Å². The summed E-state index contributed by atoms with van der Waals surface area (Å²) in [6.07, 6.45) is -1.46. The minimum atomic E-state index is -4.08. The molecule has 1 aromatic carbocycles. The maximum Gasteiger partial charge on any atom is 0.389 e. The van der Waals surface area contributed by atoms with Crippen LogP contribution in [0.1, 0.15) is 44.1 Å². The molecule has 0 saturated carbocycles. The lowest BCUT2D eigenvalue weighted by molar-refractivity contribution is -0.136. The number of aryl methyl sites for hydroxylation is 1. The summed E-state index contributed by atoms with van der Waals surface area (Å²) in [5.74, 6) is 1.09. The Kier molecular flexibility index (Phi) is 7.95. The molecule has 1 unspecified atom stereocenters. The molecule has 1 atom stereocenters. The van der Waals surface area contributed by atoms with E-state index < -0.39 is 12.6 Å². The second-order valence-corrected chi connectivity index (χ2v) is 7.30. The average molecular weight is 386 g/mol. The van der Waals surface area contributed by atoms with E-state index in [0.29, 0.717) is 18.9 Å². The lowest BCUT2D eigenvalue weighted by Gasteiger charge is -2.32. The van der Waals surface area contributed by atoms with Gasteiger partial charge >= 0.3 is 6.18 Å². The first kappa shape index (κ1) is 21.5. The third kappa shape index (κ3) is 7.79. The third-order valence-corrected chi connectivity index (χ3v) is 5.03. The second kappa shape index (κ2) is 9.97. The van der Waals surface area contributed by atoms with Crippen molar-refractivity contribution in [1.29, 1.82) is 0 Å². The molecule has 1 fully saturated rings. The molecule has 0 spiro atoms. The maximum absolute atomic E-state index is 12.3. The fraction of sp³-hybridized carbons (Fsp3) is 0.650. The minimum absolute atomic E-state index is 0.0301. The van der Waals surface area contributed by atoms with E-state index in [1.54, 1.807) is 7.11 Å². The van der Waals surface area contributed by atoms with Gasteiger partial charge in [0.05, 0.1) is 7.11 Å². The van der Waals surface area contributed by atoms with E-state index in [1.807, 2.05) is 25.1 Å². The van der Waals surface area contributed by atoms with Crippen molar-refractivity contribution < 1.29 is 22.7 Å². The molecule has 1 aromatic rings. The van der Waals surface area contributed by atoms with Crippen LogP contribution in [0.25, 0.3) is 0 Å². The van der Waals surface area contributed by atoms with Crippen molar-refractivity contribution in [2.75, 3.05) is 32.1 Å². The topological polar surface area (TPSA) is 41.6 Å². The predicted octanol–water partition coefficient (Wildman–Crippen LogP) is 4.78. The van der Waals surface area contributed by atoms with Gasteiger partial charge in [-0.05, 0) is 75.4 Å². The molecule has 2 rings (SSSR count). The van der Waals surface area contributed by atoms with E-state index in [2.05, 4.69) is 10.2 Å². The Hall–Kier alpha value is -1.76. The summed E-state index contributed by atoms with van der Waals surface area (Å²) >= 11 is 0. The minimum Gasteiger partial charge on any atom is -0.497 e. The van der Waals surface area contributed by atoms with Gasteiger partial charge in [0, 0.05) is 25.1 Å². The molecule has 1 aliphatic rings. The van der Waals surface area contributed by atoms with Crippen molar-refractivity contribution in [2.24, 2.45) is 5.92 Å². The summed E-state index contributed by atoms with van der Waals surface area (Å²) in [5, 5.41) is 2.93. The van der Waals surface area contributed by atoms with Gasteiger partial charge in [0.15, 0.2) is 0 Å². The zero-order valence-electron chi connectivity index (χ0n) is 16.1. The predicted molar refractivity (Wildman–Crippen MR) is 100 cm³/mol. The van der Waals surface area contributed by atoms with Crippen molar-refractivity contribution >= 4 is 11.6 Å². The molecular weight excluding hydrogens is 357 g/mol. The largest absolute Gasteiger partial charge is 0.497 e. The molecule has 27 heavy (non-hydrogen) atoms. The van der Waals surface area contributed by atoms with E-state index >= 15 is 0 Å². The highest BCUT2D eigenvalue weighted by Gasteiger charge is 2.27. The average Bonchev–Trinajstić information content (AvgIpc) is 2.61. The summed E-state index contributed by atoms with van der Waals surface area (Å²) < 4.78 is 42.0. The number of carbonyl (C=O) groups is 1. The van der Waals surface area contributed by atoms with Crippen molar-refractivity contribution in [3.63, 3.8) is 0 Å². The number of nitrogens with one attached hydrogen (secondary N) is 1. The number of nitrogens with zero attached hydrogens (tertiary/aromatic N) is 1. The Morgan fingerprint density at radius 3 is 2.81 bits per heavy atom. The molecule has 1 saturated heterocycles. The van der Waals surface area contributed by atoms with Crippen LogP contribution in [0.2, 0.25) is 0 Å². The van der Waals surface area contributed by atoms with E-state index in [0.717, 1.165) is 49.4 Å². The molecule has 1 aliphatic heterocycles. The molecular formula is C20H29F3N2O2. The highest BCUT2D eigenvalue weighted by Crippen LogP contribution is 2.25. The van der Waals surface area contributed by atoms with Gasteiger partial charge in [-0.15, -0.1) is 0 Å². The van der Waals surface area contributed by atoms with Gasteiger partial charge < -0.3 is 15.0 Å². The number of alkyl halides is 3. The number of likely N-dealkylation sites (tertiary alicyclic amines) is 1. The van der Waals surface area contributed by atoms with Crippen LogP contribution in [0, 0.1) is 12.8 Å². The Balaban J connectivity index is 1.73. The van der Waals surface area contributed by atoms with Crippen molar-refractivity contribution in [3.8, 4) is 5.75 Å². The molecule has 4 nitrogen and oxygen atoms in total. The van der Waals surface area contributed by atoms with E-state index in [-0.39, 0.29) is 12.3 Å². The first-order valence-corrected chi connectivity index (χ1v) is 9.50. The van der Waals surface area contributed by atoms with Crippen LogP contribution in [-0.2, 0) is 4.79 Å². The van der Waals surface area contributed by atoms with Gasteiger partial charge in [-0.25, -0.2) is 0 Å². The Bertz CT molecular complexity index is 620. The summed E-state index contributed by atoms with van der Waals surface area (Å²) in [5.41, 5.74) is 1.72. The number of carbonyl (C=O) groups excluding carboxylic acids is 1. The van der Waals surface area contributed by atoms with Crippen LogP contribution >= 0.6 is 0 Å². The van der Waals surface area contributed by atoms with Gasteiger partial charge in [0.2, 0.25) is 5.91 Å². The van der Waals surface area contributed by atoms with E-state index in [4.69, 9.17) is 4.74 Å². The number of amides is 1. The number of ether oxygens (including phenoxy) is 1. The first-order chi connectivity index (χ1) is 12.8. The highest BCUT2D eigenvalue weighted by molar-refractivity contribution is 5.91. The maximum atomic E-state index is 12.3. The SMILES string of the molecule is COc1ccc(NC(=O)CCC2CCCN(CCCC(F)(F)F)C2)c(C)c1. The molecule has 7 heteroatoms. The van der Waals surface area contributed by atoms with Gasteiger partial charge in [0.25, 0.3) is 0 Å². The smallest absolute Gasteiger partial charge is 0.389 e. The Morgan fingerprint density at radius 2 is 2.15 bits per heavy atom. The second-order valence-electron chi connectivity index (χ2n) is 7.30. The summed E-state index contributed by atoms with van der Waals surface area (Å²) in [6, 6.07) is 5.51. The standard InChI is InChI=1S/C20H29F3N2O2/c1-15-13-17(27-2)7-8-18(15)24-19(26)9-6-16-5-3-11-25(14-16)12-4-10-20(21,22)23/h7-8,13,16H,3-6,9-12,14H2,1-2H3,(H,24,26). The summed E-state index contributed by atoms with van der Waals surface area (Å²) in [6.45, 7) is 4.03. The number of benzene rings is 1. The van der Waals surface area contributed by atoms with Crippen LogP contribution in [0.4, 0.5) is 18.9 Å². The van der Waals surface area contributed by atoms with Crippen molar-refractivity contribution in [1.82, 2.24) is 4.90 Å². The molecule has 0 aliphatic carbocycles. The van der Waals surface area contributed by atoms with Gasteiger partial charge in [-0.1, -0.05) is 0 Å². The number of halogens is 3. The van der Waals surface area contributed by atoms with Crippen molar-refractivity contribution in [2.45, 2.75) is 51.6 Å². The molecule has 1 heterocycles. The van der Waals surface area contributed by atoms with Crippen molar-refractivity contribution in [3.05, 3.63) is 23.8 Å². The Morgan fingerprint density at radius 1 is 1.37 bits per heavy atom. The number of piperidine rings is 1. The van der Waals surface area contributed by atoms with Gasteiger partial charge in [0.1, 0.15) is 5.75 Å². The number of rotatable bonds is 8. The highest BCUT2D eigenvalue weighted by atomic mass is 19.4. The molecule has 0 aromatic heterocycles. The quantitative estimate of drug-likeness (QED) is 0.699. The van der Waals surface area contributed by atoms with E-state index in [1.165, 1.54) is 0 Å². The monoisotopic (exact) mass is 386 g/mol. The normalized spacial score (nSPS) is 18.3. The zero-order chi connectivity index (χ0) is 19.9. The molecule has 1 N–H and O–H groups in total. The fourth-order valence-electron chi connectivity index (χ4n) is 3.54. The Labute approximate surface area is 159 Å². The number of hydrogen-bond donors (Lipinski definition) is 1. The lowest BCUT2D eigenvalue weighted by atomic mass is 9.93. The molecule has 0 bridgehead atoms. The fourth-order valence-corrected chi connectivity index (χ4v) is 3.54. The zero-order valence-corrected chi connectivity index (χ0v) is 16.1. The summed E-state index contributed by atoms with van der Waals surface area (Å²) in [7, 11) is 1.60. The van der Waals surface area contributed by atoms with Gasteiger partial charge in [-0.3, -0.25) is 4.79 Å². The number of hydrogen-bond acceptors (Lipinski definition) is 3. The van der Waals surface area contributed by atoms with Gasteiger partial charge in [-0.2, -0.15) is 13.2 Å². The third-order valence-electron chi connectivity index (χ3n) is 5.03. The summed E-state index contributed by atoms with van der Waals surface area (Å²) in [4.78, 5) is 14.3. The van der Waals surface area contributed by atoms with Crippen LogP contribution < -0.4 is 10.1 Å². The first-order valence-electron chi connectivity index (χ1n) is 9.50. The number of methoxy groups -OCH3 is 1. The molecule has 0 radical (unpaired) electrons. The molecule has 152 valence electrons. The van der Waals surface area contributed by atoms with Crippen LogP contribution in [0.3, 0.4) is 0 Å². The number of anilines is 1. The lowest BCUT2D eigenvalue weighted by Crippen LogP contribution is -2.36.